The van der Waals surface area contributed by atoms with Gasteiger partial charge in [-0.15, -0.1) is 0 Å². The zero-order valence-electron chi connectivity index (χ0n) is 12.9. The molecule has 0 aliphatic carbocycles. The minimum atomic E-state index is 0.0177. The van der Waals surface area contributed by atoms with Crippen molar-refractivity contribution in [3.05, 3.63) is 22.2 Å². The fourth-order valence-corrected chi connectivity index (χ4v) is 3.21. The summed E-state index contributed by atoms with van der Waals surface area (Å²) in [6.07, 6.45) is 4.61. The number of halogens is 1. The van der Waals surface area contributed by atoms with Gasteiger partial charge < -0.3 is 15.2 Å². The molecular weight excluding hydrogens is 318 g/mol. The molecule has 2 N–H and O–H groups in total. The smallest absolute Gasteiger partial charge is 0.161 e. The summed E-state index contributed by atoms with van der Waals surface area (Å²) in [4.78, 5) is 0. The molecule has 0 aliphatic rings. The molecule has 0 amide bonds. The summed E-state index contributed by atoms with van der Waals surface area (Å²) in [5.74, 6) is 1.95. The third kappa shape index (κ3) is 4.13. The van der Waals surface area contributed by atoms with Gasteiger partial charge in [0, 0.05) is 10.5 Å². The van der Waals surface area contributed by atoms with E-state index < -0.39 is 0 Å². The Labute approximate surface area is 131 Å². The van der Waals surface area contributed by atoms with E-state index >= 15 is 0 Å². The number of ether oxygens (including phenoxy) is 2. The minimum Gasteiger partial charge on any atom is -0.493 e. The summed E-state index contributed by atoms with van der Waals surface area (Å²) < 4.78 is 11.7. The molecule has 1 atom stereocenters. The standard InChI is InChI=1S/C16H26BrNO2/c1-5-7-11(8-6-2)16(18)12-9-14(19-3)15(20-4)10-13(12)17/h9-11,16H,5-8,18H2,1-4H3. The first-order chi connectivity index (χ1) is 9.58. The van der Waals surface area contributed by atoms with E-state index in [0.717, 1.165) is 47.2 Å². The van der Waals surface area contributed by atoms with Gasteiger partial charge in [0.2, 0.25) is 0 Å². The van der Waals surface area contributed by atoms with Crippen LogP contribution in [0.15, 0.2) is 16.6 Å². The van der Waals surface area contributed by atoms with Gasteiger partial charge in [-0.25, -0.2) is 0 Å². The summed E-state index contributed by atoms with van der Waals surface area (Å²) in [7, 11) is 3.29. The van der Waals surface area contributed by atoms with Crippen LogP contribution in [0.4, 0.5) is 0 Å². The molecule has 114 valence electrons. The lowest BCUT2D eigenvalue weighted by atomic mass is 9.86. The molecule has 1 rings (SSSR count). The number of hydrogen-bond acceptors (Lipinski definition) is 3. The molecule has 1 unspecified atom stereocenters. The van der Waals surface area contributed by atoms with Crippen LogP contribution in [0, 0.1) is 5.92 Å². The maximum Gasteiger partial charge on any atom is 0.161 e. The Morgan fingerprint density at radius 2 is 1.55 bits per heavy atom. The van der Waals surface area contributed by atoms with Gasteiger partial charge in [0.15, 0.2) is 11.5 Å². The SMILES string of the molecule is CCCC(CCC)C(N)c1cc(OC)c(OC)cc1Br. The largest absolute Gasteiger partial charge is 0.493 e. The van der Waals surface area contributed by atoms with Gasteiger partial charge in [0.25, 0.3) is 0 Å². The third-order valence-electron chi connectivity index (χ3n) is 3.69. The maximum atomic E-state index is 6.50. The number of hydrogen-bond donors (Lipinski definition) is 1. The van der Waals surface area contributed by atoms with Gasteiger partial charge >= 0.3 is 0 Å². The average molecular weight is 344 g/mol. The summed E-state index contributed by atoms with van der Waals surface area (Å²) >= 11 is 3.61. The zero-order valence-corrected chi connectivity index (χ0v) is 14.5. The van der Waals surface area contributed by atoms with E-state index in [1.165, 1.54) is 0 Å². The zero-order chi connectivity index (χ0) is 15.1. The first-order valence-corrected chi connectivity index (χ1v) is 8.05. The summed E-state index contributed by atoms with van der Waals surface area (Å²) in [6, 6.07) is 3.94. The van der Waals surface area contributed by atoms with Gasteiger partial charge in [0.1, 0.15) is 0 Å². The van der Waals surface area contributed by atoms with Crippen molar-refractivity contribution in [3.63, 3.8) is 0 Å². The van der Waals surface area contributed by atoms with Crippen molar-refractivity contribution in [1.82, 2.24) is 0 Å². The molecule has 1 aromatic carbocycles. The fourth-order valence-electron chi connectivity index (χ4n) is 2.62. The lowest BCUT2D eigenvalue weighted by Crippen LogP contribution is -2.22. The van der Waals surface area contributed by atoms with E-state index in [2.05, 4.69) is 29.8 Å². The lowest BCUT2D eigenvalue weighted by Gasteiger charge is -2.25. The van der Waals surface area contributed by atoms with Crippen LogP contribution < -0.4 is 15.2 Å². The first kappa shape index (κ1) is 17.3. The third-order valence-corrected chi connectivity index (χ3v) is 4.38. The summed E-state index contributed by atoms with van der Waals surface area (Å²) in [5.41, 5.74) is 7.59. The lowest BCUT2D eigenvalue weighted by molar-refractivity contribution is 0.347. The van der Waals surface area contributed by atoms with Crippen molar-refractivity contribution >= 4 is 15.9 Å². The van der Waals surface area contributed by atoms with Crippen LogP contribution in [0.1, 0.15) is 51.1 Å². The highest BCUT2D eigenvalue weighted by molar-refractivity contribution is 9.10. The second-order valence-corrected chi connectivity index (χ2v) is 5.95. The monoisotopic (exact) mass is 343 g/mol. The van der Waals surface area contributed by atoms with Gasteiger partial charge in [-0.2, -0.15) is 0 Å². The molecule has 0 aliphatic heterocycles. The predicted molar refractivity (Wildman–Crippen MR) is 87.5 cm³/mol. The molecule has 20 heavy (non-hydrogen) atoms. The van der Waals surface area contributed by atoms with E-state index in [1.807, 2.05) is 12.1 Å². The molecule has 0 saturated carbocycles. The van der Waals surface area contributed by atoms with Crippen molar-refractivity contribution in [1.29, 1.82) is 0 Å². The molecule has 4 heteroatoms. The second kappa shape index (κ2) is 8.53. The molecule has 0 saturated heterocycles. The average Bonchev–Trinajstić information content (AvgIpc) is 2.46. The highest BCUT2D eigenvalue weighted by Gasteiger charge is 2.22. The number of rotatable bonds is 8. The van der Waals surface area contributed by atoms with Crippen molar-refractivity contribution in [2.24, 2.45) is 11.7 Å². The van der Waals surface area contributed by atoms with Crippen LogP contribution in [-0.2, 0) is 0 Å². The normalized spacial score (nSPS) is 12.6. The van der Waals surface area contributed by atoms with Crippen LogP contribution in [0.25, 0.3) is 0 Å². The summed E-state index contributed by atoms with van der Waals surface area (Å²) in [5, 5.41) is 0. The summed E-state index contributed by atoms with van der Waals surface area (Å²) in [6.45, 7) is 4.41. The fraction of sp³-hybridized carbons (Fsp3) is 0.625. The van der Waals surface area contributed by atoms with Crippen LogP contribution in [0.5, 0.6) is 11.5 Å². The molecule has 0 heterocycles. The van der Waals surface area contributed by atoms with E-state index in [0.29, 0.717) is 5.92 Å². The Bertz CT molecular complexity index is 417. The molecule has 0 spiro atoms. The maximum absolute atomic E-state index is 6.50. The van der Waals surface area contributed by atoms with Gasteiger partial charge in [-0.05, 0) is 36.5 Å². The highest BCUT2D eigenvalue weighted by Crippen LogP contribution is 2.39. The molecule has 0 bridgehead atoms. The van der Waals surface area contributed by atoms with Gasteiger partial charge in [-0.1, -0.05) is 42.6 Å². The minimum absolute atomic E-state index is 0.0177. The Balaban J connectivity index is 3.09. The molecule has 0 aromatic heterocycles. The molecule has 0 radical (unpaired) electrons. The Hall–Kier alpha value is -0.740. The van der Waals surface area contributed by atoms with E-state index in [4.69, 9.17) is 15.2 Å². The van der Waals surface area contributed by atoms with Crippen LogP contribution >= 0.6 is 15.9 Å². The Kier molecular flexibility index (Phi) is 7.38. The first-order valence-electron chi connectivity index (χ1n) is 7.25. The molecule has 3 nitrogen and oxygen atoms in total. The quantitative estimate of drug-likeness (QED) is 0.744. The highest BCUT2D eigenvalue weighted by atomic mass is 79.9. The van der Waals surface area contributed by atoms with Crippen molar-refractivity contribution < 1.29 is 9.47 Å². The Morgan fingerprint density at radius 1 is 1.05 bits per heavy atom. The molecule has 0 fully saturated rings. The van der Waals surface area contributed by atoms with Crippen LogP contribution in [0.3, 0.4) is 0 Å². The number of nitrogens with two attached hydrogens (primary N) is 1. The van der Waals surface area contributed by atoms with Gasteiger partial charge in [-0.3, -0.25) is 0 Å². The van der Waals surface area contributed by atoms with E-state index in [1.54, 1.807) is 14.2 Å². The number of benzene rings is 1. The molecule has 1 aromatic rings. The van der Waals surface area contributed by atoms with Crippen LogP contribution in [0.2, 0.25) is 0 Å². The van der Waals surface area contributed by atoms with Gasteiger partial charge in [0.05, 0.1) is 14.2 Å². The topological polar surface area (TPSA) is 44.5 Å². The van der Waals surface area contributed by atoms with Crippen molar-refractivity contribution in [2.45, 2.75) is 45.6 Å². The van der Waals surface area contributed by atoms with E-state index in [9.17, 15) is 0 Å². The molecular formula is C16H26BrNO2. The van der Waals surface area contributed by atoms with E-state index in [-0.39, 0.29) is 6.04 Å². The van der Waals surface area contributed by atoms with Crippen LogP contribution in [-0.4, -0.2) is 14.2 Å². The van der Waals surface area contributed by atoms with Crippen molar-refractivity contribution in [3.8, 4) is 11.5 Å². The predicted octanol–water partition coefficient (Wildman–Crippen LogP) is 4.68. The number of methoxy groups -OCH3 is 2. The second-order valence-electron chi connectivity index (χ2n) is 5.09. The van der Waals surface area contributed by atoms with Crippen molar-refractivity contribution in [2.75, 3.05) is 14.2 Å². The Morgan fingerprint density at radius 3 is 2.00 bits per heavy atom.